The summed E-state index contributed by atoms with van der Waals surface area (Å²) in [4.78, 5) is 12.4. The summed E-state index contributed by atoms with van der Waals surface area (Å²) in [5.74, 6) is 0.0387. The van der Waals surface area contributed by atoms with Crippen LogP contribution in [0.25, 0.3) is 11.4 Å². The van der Waals surface area contributed by atoms with Crippen LogP contribution < -0.4 is 5.32 Å². The molecule has 0 saturated heterocycles. The molecule has 0 unspecified atom stereocenters. The van der Waals surface area contributed by atoms with E-state index in [2.05, 4.69) is 15.5 Å². The topological polar surface area (TPSA) is 59.8 Å². The standard InChI is InChI=1S/C20H18Cl3FN4OS/c1-11(2)9-28-19(13-5-3-4-6-16(13)24)26-27-20(28)30-10-17(29)25-18-14(22)7-12(21)8-15(18)23/h3-8,11H,9-10H2,1-2H3,(H,25,29). The molecule has 0 spiro atoms. The van der Waals surface area contributed by atoms with Crippen LogP contribution in [0.5, 0.6) is 0 Å². The second kappa shape index (κ2) is 10.0. The van der Waals surface area contributed by atoms with Crippen molar-refractivity contribution in [1.82, 2.24) is 14.8 Å². The summed E-state index contributed by atoms with van der Waals surface area (Å²) >= 11 is 19.3. The summed E-state index contributed by atoms with van der Waals surface area (Å²) in [7, 11) is 0. The lowest BCUT2D eigenvalue weighted by Gasteiger charge is -2.13. The minimum atomic E-state index is -0.378. The highest BCUT2D eigenvalue weighted by Gasteiger charge is 2.19. The molecular weight excluding hydrogens is 470 g/mol. The smallest absolute Gasteiger partial charge is 0.234 e. The number of nitrogens with one attached hydrogen (secondary N) is 1. The average molecular weight is 488 g/mol. The summed E-state index contributed by atoms with van der Waals surface area (Å²) in [5, 5.41) is 12.4. The number of nitrogens with zero attached hydrogens (tertiary/aromatic N) is 3. The fraction of sp³-hybridized carbons (Fsp3) is 0.250. The Bertz CT molecular complexity index is 1050. The zero-order chi connectivity index (χ0) is 21.8. The van der Waals surface area contributed by atoms with Crippen LogP contribution in [0.2, 0.25) is 15.1 Å². The number of hydrogen-bond acceptors (Lipinski definition) is 4. The maximum absolute atomic E-state index is 14.3. The van der Waals surface area contributed by atoms with Gasteiger partial charge < -0.3 is 9.88 Å². The van der Waals surface area contributed by atoms with Crippen molar-refractivity contribution in [2.45, 2.75) is 25.5 Å². The number of thioether (sulfide) groups is 1. The van der Waals surface area contributed by atoms with Gasteiger partial charge in [-0.15, -0.1) is 10.2 Å². The number of benzene rings is 2. The number of carbonyl (C=O) groups is 1. The number of halogens is 4. The van der Waals surface area contributed by atoms with Gasteiger partial charge in [0.2, 0.25) is 5.91 Å². The van der Waals surface area contributed by atoms with Crippen LogP contribution in [0.4, 0.5) is 10.1 Å². The molecule has 0 aliphatic carbocycles. The molecule has 158 valence electrons. The first-order valence-electron chi connectivity index (χ1n) is 9.01. The zero-order valence-corrected chi connectivity index (χ0v) is 19.2. The van der Waals surface area contributed by atoms with Crippen LogP contribution in [0.1, 0.15) is 13.8 Å². The van der Waals surface area contributed by atoms with Crippen molar-refractivity contribution in [2.24, 2.45) is 5.92 Å². The van der Waals surface area contributed by atoms with Gasteiger partial charge in [-0.1, -0.05) is 72.5 Å². The highest BCUT2D eigenvalue weighted by molar-refractivity contribution is 7.99. The van der Waals surface area contributed by atoms with E-state index in [1.807, 2.05) is 18.4 Å². The summed E-state index contributed by atoms with van der Waals surface area (Å²) in [5.41, 5.74) is 0.658. The summed E-state index contributed by atoms with van der Waals surface area (Å²) in [6.07, 6.45) is 0. The van der Waals surface area contributed by atoms with E-state index in [0.29, 0.717) is 33.8 Å². The third kappa shape index (κ3) is 5.46. The first-order chi connectivity index (χ1) is 14.3. The minimum Gasteiger partial charge on any atom is -0.323 e. The van der Waals surface area contributed by atoms with Gasteiger partial charge in [0, 0.05) is 11.6 Å². The molecule has 0 radical (unpaired) electrons. The van der Waals surface area contributed by atoms with E-state index >= 15 is 0 Å². The van der Waals surface area contributed by atoms with Crippen molar-refractivity contribution in [3.8, 4) is 11.4 Å². The van der Waals surface area contributed by atoms with Gasteiger partial charge in [-0.25, -0.2) is 4.39 Å². The van der Waals surface area contributed by atoms with Gasteiger partial charge in [-0.3, -0.25) is 4.79 Å². The Kier molecular flexibility index (Phi) is 7.63. The largest absolute Gasteiger partial charge is 0.323 e. The van der Waals surface area contributed by atoms with E-state index in [0.717, 1.165) is 0 Å². The van der Waals surface area contributed by atoms with Crippen molar-refractivity contribution < 1.29 is 9.18 Å². The Morgan fingerprint density at radius 3 is 2.47 bits per heavy atom. The lowest BCUT2D eigenvalue weighted by atomic mass is 10.2. The number of aromatic nitrogens is 3. The molecule has 0 fully saturated rings. The van der Waals surface area contributed by atoms with Crippen LogP contribution in [-0.4, -0.2) is 26.4 Å². The Hall–Kier alpha value is -1.80. The molecule has 0 aliphatic rings. The second-order valence-corrected chi connectivity index (χ2v) is 9.07. The summed E-state index contributed by atoms with van der Waals surface area (Å²) < 4.78 is 16.1. The number of carbonyl (C=O) groups excluding carboxylic acids is 1. The molecule has 0 bridgehead atoms. The molecule has 3 rings (SSSR count). The Morgan fingerprint density at radius 1 is 1.17 bits per heavy atom. The molecule has 2 aromatic carbocycles. The molecule has 0 saturated carbocycles. The molecule has 1 heterocycles. The lowest BCUT2D eigenvalue weighted by Crippen LogP contribution is -2.16. The SMILES string of the molecule is CC(C)Cn1c(SCC(=O)Nc2c(Cl)cc(Cl)cc2Cl)nnc1-c1ccccc1F. The van der Waals surface area contributed by atoms with Gasteiger partial charge in [-0.2, -0.15) is 0 Å². The van der Waals surface area contributed by atoms with Crippen LogP contribution in [0, 0.1) is 11.7 Å². The van der Waals surface area contributed by atoms with E-state index < -0.39 is 0 Å². The van der Waals surface area contributed by atoms with Crippen molar-refractivity contribution in [2.75, 3.05) is 11.1 Å². The lowest BCUT2D eigenvalue weighted by molar-refractivity contribution is -0.113. The second-order valence-electron chi connectivity index (χ2n) is 6.87. The van der Waals surface area contributed by atoms with Gasteiger partial charge in [0.15, 0.2) is 11.0 Å². The molecule has 30 heavy (non-hydrogen) atoms. The first kappa shape index (κ1) is 22.9. The van der Waals surface area contributed by atoms with Gasteiger partial charge in [0.25, 0.3) is 0 Å². The minimum absolute atomic E-state index is 0.0444. The van der Waals surface area contributed by atoms with Gasteiger partial charge in [0.05, 0.1) is 27.0 Å². The van der Waals surface area contributed by atoms with Crippen molar-refractivity contribution in [3.05, 3.63) is 57.3 Å². The molecule has 0 aliphatic heterocycles. The van der Waals surface area contributed by atoms with Crippen LogP contribution >= 0.6 is 46.6 Å². The van der Waals surface area contributed by atoms with Crippen molar-refractivity contribution in [1.29, 1.82) is 0 Å². The third-order valence-corrected chi connectivity index (χ3v) is 5.76. The fourth-order valence-corrected chi connectivity index (χ4v) is 4.39. The third-order valence-electron chi connectivity index (χ3n) is 3.98. The van der Waals surface area contributed by atoms with Crippen LogP contribution in [0.3, 0.4) is 0 Å². The predicted molar refractivity (Wildman–Crippen MR) is 121 cm³/mol. The molecule has 10 heteroatoms. The van der Waals surface area contributed by atoms with E-state index in [4.69, 9.17) is 34.8 Å². The average Bonchev–Trinajstić information content (AvgIpc) is 3.05. The normalized spacial score (nSPS) is 11.2. The van der Waals surface area contributed by atoms with Crippen molar-refractivity contribution >= 4 is 58.2 Å². The van der Waals surface area contributed by atoms with E-state index in [-0.39, 0.29) is 33.4 Å². The van der Waals surface area contributed by atoms with Crippen LogP contribution in [-0.2, 0) is 11.3 Å². The summed E-state index contributed by atoms with van der Waals surface area (Å²) in [6.45, 7) is 4.66. The van der Waals surface area contributed by atoms with E-state index in [1.54, 1.807) is 18.2 Å². The molecule has 0 atom stereocenters. The zero-order valence-electron chi connectivity index (χ0n) is 16.1. The number of hydrogen-bond donors (Lipinski definition) is 1. The highest BCUT2D eigenvalue weighted by atomic mass is 35.5. The number of amides is 1. The summed E-state index contributed by atoms with van der Waals surface area (Å²) in [6, 6.07) is 9.39. The highest BCUT2D eigenvalue weighted by Crippen LogP contribution is 2.34. The maximum Gasteiger partial charge on any atom is 0.234 e. The Morgan fingerprint density at radius 2 is 1.83 bits per heavy atom. The van der Waals surface area contributed by atoms with Crippen molar-refractivity contribution in [3.63, 3.8) is 0 Å². The van der Waals surface area contributed by atoms with Gasteiger partial charge in [-0.05, 0) is 30.2 Å². The molecule has 3 aromatic rings. The Balaban J connectivity index is 1.78. The monoisotopic (exact) mass is 486 g/mol. The number of anilines is 1. The van der Waals surface area contributed by atoms with Crippen LogP contribution in [0.15, 0.2) is 41.6 Å². The fourth-order valence-electron chi connectivity index (χ4n) is 2.73. The molecule has 5 nitrogen and oxygen atoms in total. The molecular formula is C20H18Cl3FN4OS. The molecule has 1 aromatic heterocycles. The maximum atomic E-state index is 14.3. The predicted octanol–water partition coefficient (Wildman–Crippen LogP) is 6.43. The van der Waals surface area contributed by atoms with E-state index in [9.17, 15) is 9.18 Å². The molecule has 1 amide bonds. The quantitative estimate of drug-likeness (QED) is 0.390. The number of rotatable bonds is 7. The Labute approximate surface area is 192 Å². The van der Waals surface area contributed by atoms with E-state index in [1.165, 1.54) is 30.0 Å². The molecule has 1 N–H and O–H groups in total. The van der Waals surface area contributed by atoms with Gasteiger partial charge >= 0.3 is 0 Å². The first-order valence-corrected chi connectivity index (χ1v) is 11.1. The van der Waals surface area contributed by atoms with Gasteiger partial charge in [0.1, 0.15) is 5.82 Å².